The fraction of sp³-hybridized carbons (Fsp3) is 0.480. The van der Waals surface area contributed by atoms with Gasteiger partial charge in [-0.1, -0.05) is 224 Å². The first-order chi connectivity index (χ1) is 26.5. The van der Waals surface area contributed by atoms with Crippen LogP contribution in [0, 0.1) is 0 Å². The van der Waals surface area contributed by atoms with Crippen LogP contribution in [0.3, 0.4) is 0 Å². The molecule has 5 aromatic carbocycles. The molecule has 288 valence electrons. The van der Waals surface area contributed by atoms with Crippen molar-refractivity contribution in [3.8, 4) is 22.3 Å². The van der Waals surface area contributed by atoms with Crippen LogP contribution in [0.15, 0.2) is 89.4 Å². The van der Waals surface area contributed by atoms with Crippen LogP contribution in [0.25, 0.3) is 43.8 Å². The Labute approximate surface area is 336 Å². The first kappa shape index (κ1) is 42.2. The molecule has 5 aromatic rings. The van der Waals surface area contributed by atoms with Gasteiger partial charge >= 0.3 is 7.12 Å². The maximum Gasteiger partial charge on any atom is 0.489 e. The summed E-state index contributed by atoms with van der Waals surface area (Å²) in [5, 5.41) is 25.6. The van der Waals surface area contributed by atoms with Crippen molar-refractivity contribution in [2.45, 2.75) is 155 Å². The molecule has 4 heteroatoms. The minimum atomic E-state index is -1.57. The molecule has 2 N–H and O–H groups in total. The van der Waals surface area contributed by atoms with E-state index in [9.17, 15) is 10.0 Å². The minimum absolute atomic E-state index is 0.487. The zero-order valence-electron chi connectivity index (χ0n) is 33.5. The third-order valence-electron chi connectivity index (χ3n) is 11.6. The lowest BCUT2D eigenvalue weighted by atomic mass is 9.76. The van der Waals surface area contributed by atoms with E-state index in [1.807, 2.05) is 6.07 Å². The van der Waals surface area contributed by atoms with E-state index in [1.165, 1.54) is 167 Å². The monoisotopic (exact) mass is 788 g/mol. The Balaban J connectivity index is 1.51. The summed E-state index contributed by atoms with van der Waals surface area (Å²) in [6.45, 7) is 4.59. The van der Waals surface area contributed by atoms with E-state index in [-0.39, 0.29) is 0 Å². The molecular weight excluding hydrogens is 723 g/mol. The van der Waals surface area contributed by atoms with E-state index in [1.54, 1.807) is 0 Å². The van der Waals surface area contributed by atoms with E-state index < -0.39 is 7.12 Å². The minimum Gasteiger partial charge on any atom is -0.423 e. The molecule has 5 rings (SSSR count). The Hall–Kier alpha value is -2.92. The topological polar surface area (TPSA) is 40.5 Å². The molecule has 0 aliphatic heterocycles. The smallest absolute Gasteiger partial charge is 0.423 e. The zero-order valence-corrected chi connectivity index (χ0v) is 35.1. The molecule has 54 heavy (non-hydrogen) atoms. The molecule has 0 aromatic heterocycles. The summed E-state index contributed by atoms with van der Waals surface area (Å²) >= 11 is 3.72. The summed E-state index contributed by atoms with van der Waals surface area (Å²) in [6.07, 6.45) is 29.1. The van der Waals surface area contributed by atoms with Gasteiger partial charge in [-0.3, -0.25) is 0 Å². The standard InChI is InChI=1S/C50H66BBrO2/c1-3-5-7-9-11-13-15-17-19-23-33-41-35-43-44(36-42(41)34-24-20-18-16-14-12-10-8-6-4-2)50(40-31-27-22-28-32-40)46-38-48(52)47(51(53)54)37-45(46)49(43)39-29-25-21-26-30-39/h21-22,25-32,35-38,53-54H,3-20,23-24,33-34H2,1-2H3. The SMILES string of the molecule is CCCCCCCCCCCCc1cc2c(-c3ccccc3)c3cc(Br)c(B(O)O)cc3c(-c3ccccc3)c2cc1CCCCCCCCCCCC. The van der Waals surface area contributed by atoms with Gasteiger partial charge in [-0.15, -0.1) is 0 Å². The lowest BCUT2D eigenvalue weighted by Crippen LogP contribution is -2.31. The molecule has 0 heterocycles. The highest BCUT2D eigenvalue weighted by Gasteiger charge is 2.23. The van der Waals surface area contributed by atoms with Crippen LogP contribution in [0.4, 0.5) is 0 Å². The number of unbranched alkanes of at least 4 members (excludes halogenated alkanes) is 18. The molecule has 0 amide bonds. The Morgan fingerprint density at radius 3 is 1.13 bits per heavy atom. The third-order valence-corrected chi connectivity index (χ3v) is 12.2. The van der Waals surface area contributed by atoms with Gasteiger partial charge in [0.05, 0.1) is 0 Å². The first-order valence-electron chi connectivity index (χ1n) is 21.7. The molecule has 2 nitrogen and oxygen atoms in total. The number of hydrogen-bond donors (Lipinski definition) is 2. The second-order valence-electron chi connectivity index (χ2n) is 15.8. The molecular formula is C50H66BBrO2. The average Bonchev–Trinajstić information content (AvgIpc) is 3.18. The molecule has 0 fully saturated rings. The Morgan fingerprint density at radius 1 is 0.426 bits per heavy atom. The Kier molecular flexibility index (Phi) is 18.2. The predicted octanol–water partition coefficient (Wildman–Crippen LogP) is 14.7. The molecule has 0 unspecified atom stereocenters. The second kappa shape index (κ2) is 23.2. The molecule has 0 bridgehead atoms. The van der Waals surface area contributed by atoms with Gasteiger partial charge in [0.15, 0.2) is 0 Å². The van der Waals surface area contributed by atoms with Crippen LogP contribution in [-0.4, -0.2) is 17.2 Å². The molecule has 0 aliphatic rings. The van der Waals surface area contributed by atoms with Crippen molar-refractivity contribution in [1.82, 2.24) is 0 Å². The maximum atomic E-state index is 10.4. The number of halogens is 1. The largest absolute Gasteiger partial charge is 0.489 e. The fourth-order valence-electron chi connectivity index (χ4n) is 8.50. The van der Waals surface area contributed by atoms with Crippen molar-refractivity contribution in [3.05, 3.63) is 101 Å². The van der Waals surface area contributed by atoms with Gasteiger partial charge in [-0.25, -0.2) is 0 Å². The summed E-state index contributed by atoms with van der Waals surface area (Å²) in [7, 11) is -1.57. The maximum absolute atomic E-state index is 10.4. The highest BCUT2D eigenvalue weighted by molar-refractivity contribution is 9.10. The summed E-state index contributed by atoms with van der Waals surface area (Å²) < 4.78 is 0.712. The van der Waals surface area contributed by atoms with E-state index >= 15 is 0 Å². The van der Waals surface area contributed by atoms with E-state index in [0.29, 0.717) is 9.94 Å². The zero-order chi connectivity index (χ0) is 38.0. The van der Waals surface area contributed by atoms with Crippen LogP contribution < -0.4 is 5.46 Å². The van der Waals surface area contributed by atoms with Crippen molar-refractivity contribution >= 4 is 50.1 Å². The fourth-order valence-corrected chi connectivity index (χ4v) is 9.05. The van der Waals surface area contributed by atoms with E-state index in [0.717, 1.165) is 29.2 Å². The van der Waals surface area contributed by atoms with Gasteiger partial charge in [0.2, 0.25) is 0 Å². The van der Waals surface area contributed by atoms with Crippen molar-refractivity contribution in [2.75, 3.05) is 0 Å². The van der Waals surface area contributed by atoms with Gasteiger partial charge in [-0.05, 0) is 92.1 Å². The van der Waals surface area contributed by atoms with E-state index in [4.69, 9.17) is 0 Å². The first-order valence-corrected chi connectivity index (χ1v) is 22.5. The van der Waals surface area contributed by atoms with Gasteiger partial charge in [0, 0.05) is 4.47 Å². The van der Waals surface area contributed by atoms with Crippen molar-refractivity contribution in [2.24, 2.45) is 0 Å². The van der Waals surface area contributed by atoms with E-state index in [2.05, 4.69) is 109 Å². The number of fused-ring (bicyclic) bond motifs is 2. The van der Waals surface area contributed by atoms with Gasteiger partial charge in [0.1, 0.15) is 0 Å². The highest BCUT2D eigenvalue weighted by atomic mass is 79.9. The van der Waals surface area contributed by atoms with Crippen LogP contribution in [0.5, 0.6) is 0 Å². The summed E-state index contributed by atoms with van der Waals surface area (Å²) in [5.74, 6) is 0. The summed E-state index contributed by atoms with van der Waals surface area (Å²) in [5.41, 5.74) is 8.22. The number of hydrogen-bond acceptors (Lipinski definition) is 2. The molecule has 0 atom stereocenters. The Bertz CT molecular complexity index is 1840. The van der Waals surface area contributed by atoms with Gasteiger partial charge in [0.25, 0.3) is 0 Å². The van der Waals surface area contributed by atoms with Crippen LogP contribution in [0.1, 0.15) is 153 Å². The van der Waals surface area contributed by atoms with Crippen LogP contribution in [0.2, 0.25) is 0 Å². The average molecular weight is 790 g/mol. The summed E-state index contributed by atoms with van der Waals surface area (Å²) in [4.78, 5) is 0. The van der Waals surface area contributed by atoms with Crippen molar-refractivity contribution < 1.29 is 10.0 Å². The lowest BCUT2D eigenvalue weighted by Gasteiger charge is -2.22. The summed E-state index contributed by atoms with van der Waals surface area (Å²) in [6, 6.07) is 30.7. The van der Waals surface area contributed by atoms with Gasteiger partial charge in [-0.2, -0.15) is 0 Å². The molecule has 0 spiro atoms. The van der Waals surface area contributed by atoms with Gasteiger partial charge < -0.3 is 10.0 Å². The molecule has 0 saturated heterocycles. The highest BCUT2D eigenvalue weighted by Crippen LogP contribution is 2.45. The second-order valence-corrected chi connectivity index (χ2v) is 16.7. The predicted molar refractivity (Wildman–Crippen MR) is 241 cm³/mol. The third kappa shape index (κ3) is 12.0. The number of aryl methyl sites for hydroxylation is 2. The van der Waals surface area contributed by atoms with Crippen molar-refractivity contribution in [3.63, 3.8) is 0 Å². The Morgan fingerprint density at radius 2 is 0.759 bits per heavy atom. The number of rotatable bonds is 25. The lowest BCUT2D eigenvalue weighted by molar-refractivity contribution is 0.425. The molecule has 0 saturated carbocycles. The normalized spacial score (nSPS) is 11.6. The van der Waals surface area contributed by atoms with Crippen LogP contribution >= 0.6 is 15.9 Å². The molecule has 0 radical (unpaired) electrons. The quantitative estimate of drug-likeness (QED) is 0.0351. The molecule has 0 aliphatic carbocycles. The number of benzene rings is 5. The van der Waals surface area contributed by atoms with Crippen molar-refractivity contribution in [1.29, 1.82) is 0 Å². The van der Waals surface area contributed by atoms with Crippen LogP contribution in [-0.2, 0) is 12.8 Å².